The van der Waals surface area contributed by atoms with E-state index in [-0.39, 0.29) is 12.0 Å². The molecule has 0 aliphatic carbocycles. The third kappa shape index (κ3) is 2.68. The summed E-state index contributed by atoms with van der Waals surface area (Å²) in [5.74, 6) is -0.680. The second kappa shape index (κ2) is 5.55. The van der Waals surface area contributed by atoms with Crippen molar-refractivity contribution in [1.29, 1.82) is 0 Å². The van der Waals surface area contributed by atoms with Crippen molar-refractivity contribution in [3.8, 4) is 0 Å². The standard InChI is InChI=1S/C13H25N3O2/c1-3-11(2)15-4-6-16(7-5-15)13(8-12(17)18)9-14-10-13/h11,14H,3-10H2,1-2H3,(H,17,18). The van der Waals surface area contributed by atoms with Crippen molar-refractivity contribution in [2.75, 3.05) is 39.3 Å². The Morgan fingerprint density at radius 3 is 2.33 bits per heavy atom. The van der Waals surface area contributed by atoms with Crippen molar-refractivity contribution in [2.24, 2.45) is 0 Å². The van der Waals surface area contributed by atoms with Crippen molar-refractivity contribution in [3.05, 3.63) is 0 Å². The first kappa shape index (κ1) is 13.8. The van der Waals surface area contributed by atoms with E-state index in [0.717, 1.165) is 39.3 Å². The first-order valence-electron chi connectivity index (χ1n) is 6.99. The van der Waals surface area contributed by atoms with E-state index in [1.807, 2.05) is 0 Å². The van der Waals surface area contributed by atoms with Gasteiger partial charge in [-0.05, 0) is 13.3 Å². The zero-order chi connectivity index (χ0) is 13.2. The Labute approximate surface area is 109 Å². The monoisotopic (exact) mass is 255 g/mol. The second-order valence-electron chi connectivity index (χ2n) is 5.68. The first-order chi connectivity index (χ1) is 8.57. The molecule has 0 bridgehead atoms. The zero-order valence-corrected chi connectivity index (χ0v) is 11.5. The minimum atomic E-state index is -0.680. The summed E-state index contributed by atoms with van der Waals surface area (Å²) in [4.78, 5) is 15.9. The minimum absolute atomic E-state index is 0.118. The molecule has 18 heavy (non-hydrogen) atoms. The molecule has 1 atom stereocenters. The Balaban J connectivity index is 1.90. The summed E-state index contributed by atoms with van der Waals surface area (Å²) < 4.78 is 0. The van der Waals surface area contributed by atoms with Crippen LogP contribution in [0.2, 0.25) is 0 Å². The van der Waals surface area contributed by atoms with Gasteiger partial charge in [-0.1, -0.05) is 6.92 Å². The smallest absolute Gasteiger partial charge is 0.305 e. The largest absolute Gasteiger partial charge is 0.481 e. The lowest BCUT2D eigenvalue weighted by atomic mass is 9.85. The molecule has 1 unspecified atom stereocenters. The third-order valence-corrected chi connectivity index (χ3v) is 4.59. The lowest BCUT2D eigenvalue weighted by Gasteiger charge is -2.53. The van der Waals surface area contributed by atoms with E-state index in [2.05, 4.69) is 29.0 Å². The van der Waals surface area contributed by atoms with Gasteiger partial charge >= 0.3 is 5.97 Å². The summed E-state index contributed by atoms with van der Waals surface area (Å²) in [5, 5.41) is 12.3. The highest BCUT2D eigenvalue weighted by Crippen LogP contribution is 2.26. The van der Waals surface area contributed by atoms with Crippen LogP contribution in [0.25, 0.3) is 0 Å². The van der Waals surface area contributed by atoms with E-state index >= 15 is 0 Å². The van der Waals surface area contributed by atoms with Gasteiger partial charge in [0.25, 0.3) is 0 Å². The highest BCUT2D eigenvalue weighted by Gasteiger charge is 2.45. The lowest BCUT2D eigenvalue weighted by molar-refractivity contribution is -0.142. The van der Waals surface area contributed by atoms with E-state index < -0.39 is 5.97 Å². The molecule has 2 N–H and O–H groups in total. The molecule has 5 nitrogen and oxygen atoms in total. The molecule has 2 aliphatic heterocycles. The molecule has 2 heterocycles. The zero-order valence-electron chi connectivity index (χ0n) is 11.5. The predicted molar refractivity (Wildman–Crippen MR) is 70.8 cm³/mol. The summed E-state index contributed by atoms with van der Waals surface area (Å²) in [7, 11) is 0. The van der Waals surface area contributed by atoms with Crippen LogP contribution in [0.5, 0.6) is 0 Å². The van der Waals surface area contributed by atoms with Gasteiger partial charge in [-0.3, -0.25) is 14.6 Å². The highest BCUT2D eigenvalue weighted by atomic mass is 16.4. The van der Waals surface area contributed by atoms with Crippen LogP contribution in [-0.4, -0.2) is 71.7 Å². The van der Waals surface area contributed by atoms with E-state index in [9.17, 15) is 4.79 Å². The molecule has 0 amide bonds. The Morgan fingerprint density at radius 1 is 1.33 bits per heavy atom. The number of carboxylic acids is 1. The van der Waals surface area contributed by atoms with Gasteiger partial charge < -0.3 is 10.4 Å². The van der Waals surface area contributed by atoms with Gasteiger partial charge in [-0.2, -0.15) is 0 Å². The topological polar surface area (TPSA) is 55.8 Å². The molecule has 2 saturated heterocycles. The van der Waals surface area contributed by atoms with Crippen LogP contribution in [0.4, 0.5) is 0 Å². The second-order valence-corrected chi connectivity index (χ2v) is 5.68. The molecule has 5 heteroatoms. The summed E-state index contributed by atoms with van der Waals surface area (Å²) in [6.07, 6.45) is 1.45. The molecule has 104 valence electrons. The average Bonchev–Trinajstić information content (AvgIpc) is 2.33. The molecular formula is C13H25N3O2. The van der Waals surface area contributed by atoms with E-state index in [1.165, 1.54) is 6.42 Å². The fourth-order valence-corrected chi connectivity index (χ4v) is 3.05. The van der Waals surface area contributed by atoms with Crippen molar-refractivity contribution < 1.29 is 9.90 Å². The number of hydrogen-bond acceptors (Lipinski definition) is 4. The number of hydrogen-bond donors (Lipinski definition) is 2. The number of rotatable bonds is 5. The number of carboxylic acid groups (broad SMARTS) is 1. The van der Waals surface area contributed by atoms with Gasteiger partial charge in [0.15, 0.2) is 0 Å². The molecule has 2 fully saturated rings. The van der Waals surface area contributed by atoms with E-state index in [4.69, 9.17) is 5.11 Å². The average molecular weight is 255 g/mol. The number of piperazine rings is 1. The maximum absolute atomic E-state index is 11.0. The molecule has 0 aromatic carbocycles. The van der Waals surface area contributed by atoms with Gasteiger partial charge in [0.1, 0.15) is 0 Å². The number of nitrogens with zero attached hydrogens (tertiary/aromatic N) is 2. The Hall–Kier alpha value is -0.650. The lowest BCUT2D eigenvalue weighted by Crippen LogP contribution is -2.72. The van der Waals surface area contributed by atoms with E-state index in [1.54, 1.807) is 0 Å². The predicted octanol–water partition coefficient (Wildman–Crippen LogP) is 0.219. The SMILES string of the molecule is CCC(C)N1CCN(C2(CC(=O)O)CNC2)CC1. The molecular weight excluding hydrogens is 230 g/mol. The quantitative estimate of drug-likeness (QED) is 0.736. The van der Waals surface area contributed by atoms with Crippen molar-refractivity contribution in [2.45, 2.75) is 38.3 Å². The Morgan fingerprint density at radius 2 is 1.94 bits per heavy atom. The van der Waals surface area contributed by atoms with Crippen molar-refractivity contribution in [1.82, 2.24) is 15.1 Å². The highest BCUT2D eigenvalue weighted by molar-refractivity contribution is 5.68. The molecule has 0 saturated carbocycles. The Bertz CT molecular complexity index is 297. The normalized spacial score (nSPS) is 26.6. The number of aliphatic carboxylic acids is 1. The molecule has 0 spiro atoms. The summed E-state index contributed by atoms with van der Waals surface area (Å²) in [6.45, 7) is 10.3. The molecule has 0 aromatic heterocycles. The van der Waals surface area contributed by atoms with Gasteiger partial charge in [-0.15, -0.1) is 0 Å². The van der Waals surface area contributed by atoms with Crippen LogP contribution >= 0.6 is 0 Å². The number of carbonyl (C=O) groups is 1. The van der Waals surface area contributed by atoms with Crippen LogP contribution in [0.1, 0.15) is 26.7 Å². The van der Waals surface area contributed by atoms with Crippen molar-refractivity contribution >= 4 is 5.97 Å². The maximum Gasteiger partial charge on any atom is 0.305 e. The van der Waals surface area contributed by atoms with Gasteiger partial charge in [0.05, 0.1) is 12.0 Å². The fraction of sp³-hybridized carbons (Fsp3) is 0.923. The molecule has 2 aliphatic rings. The summed E-state index contributed by atoms with van der Waals surface area (Å²) >= 11 is 0. The molecule has 0 aromatic rings. The maximum atomic E-state index is 11.0. The van der Waals surface area contributed by atoms with Crippen LogP contribution in [0, 0.1) is 0 Å². The van der Waals surface area contributed by atoms with Gasteiger partial charge in [-0.25, -0.2) is 0 Å². The third-order valence-electron chi connectivity index (χ3n) is 4.59. The van der Waals surface area contributed by atoms with Gasteiger partial charge in [0, 0.05) is 45.3 Å². The molecule has 2 rings (SSSR count). The summed E-state index contributed by atoms with van der Waals surface area (Å²) in [5.41, 5.74) is -0.118. The van der Waals surface area contributed by atoms with Crippen LogP contribution in [0.15, 0.2) is 0 Å². The fourth-order valence-electron chi connectivity index (χ4n) is 3.05. The first-order valence-corrected chi connectivity index (χ1v) is 6.99. The van der Waals surface area contributed by atoms with Crippen molar-refractivity contribution in [3.63, 3.8) is 0 Å². The van der Waals surface area contributed by atoms with Crippen LogP contribution in [0.3, 0.4) is 0 Å². The minimum Gasteiger partial charge on any atom is -0.481 e. The van der Waals surface area contributed by atoms with E-state index in [0.29, 0.717) is 6.04 Å². The van der Waals surface area contributed by atoms with Gasteiger partial charge in [0.2, 0.25) is 0 Å². The summed E-state index contributed by atoms with van der Waals surface area (Å²) in [6, 6.07) is 0.641. The van der Waals surface area contributed by atoms with Crippen LogP contribution in [-0.2, 0) is 4.79 Å². The molecule has 0 radical (unpaired) electrons. The number of nitrogens with one attached hydrogen (secondary N) is 1. The Kier molecular flexibility index (Phi) is 4.25. The van der Waals surface area contributed by atoms with Crippen LogP contribution < -0.4 is 5.32 Å².